The van der Waals surface area contributed by atoms with E-state index in [0.717, 1.165) is 12.8 Å². The summed E-state index contributed by atoms with van der Waals surface area (Å²) in [5, 5.41) is 8.34. The predicted molar refractivity (Wildman–Crippen MR) is 106 cm³/mol. The second-order valence-corrected chi connectivity index (χ2v) is 10.3. The summed E-state index contributed by atoms with van der Waals surface area (Å²) in [5.74, 6) is 1.72. The highest BCUT2D eigenvalue weighted by Gasteiger charge is 2.33. The minimum absolute atomic E-state index is 0.0550. The Balaban J connectivity index is 1.73. The van der Waals surface area contributed by atoms with Crippen molar-refractivity contribution >= 4 is 10.0 Å². The lowest BCUT2D eigenvalue weighted by Crippen LogP contribution is -2.39. The van der Waals surface area contributed by atoms with Crippen molar-refractivity contribution in [3.63, 3.8) is 0 Å². The van der Waals surface area contributed by atoms with E-state index in [-0.39, 0.29) is 16.2 Å². The van der Waals surface area contributed by atoms with Gasteiger partial charge in [0.1, 0.15) is 5.75 Å². The van der Waals surface area contributed by atoms with E-state index >= 15 is 0 Å². The summed E-state index contributed by atoms with van der Waals surface area (Å²) in [6, 6.07) is 6.57. The summed E-state index contributed by atoms with van der Waals surface area (Å²) >= 11 is 0. The van der Waals surface area contributed by atoms with Crippen LogP contribution in [-0.4, -0.2) is 42.6 Å². The van der Waals surface area contributed by atoms with Gasteiger partial charge < -0.3 is 9.15 Å². The van der Waals surface area contributed by atoms with Crippen molar-refractivity contribution < 1.29 is 17.6 Å². The van der Waals surface area contributed by atoms with Gasteiger partial charge in [0.15, 0.2) is 0 Å². The highest BCUT2D eigenvalue weighted by atomic mass is 32.2. The molecule has 1 aliphatic rings. The number of nitrogens with zero attached hydrogens (tertiary/aromatic N) is 3. The largest absolute Gasteiger partial charge is 0.494 e. The average molecular weight is 408 g/mol. The fourth-order valence-corrected chi connectivity index (χ4v) is 4.87. The molecular weight excluding hydrogens is 378 g/mol. The van der Waals surface area contributed by atoms with Gasteiger partial charge in [-0.1, -0.05) is 20.8 Å². The molecular formula is C20H29N3O4S. The van der Waals surface area contributed by atoms with Crippen molar-refractivity contribution in [1.82, 2.24) is 14.5 Å². The van der Waals surface area contributed by atoms with E-state index in [2.05, 4.69) is 31.0 Å². The molecule has 28 heavy (non-hydrogen) atoms. The molecule has 1 fully saturated rings. The molecule has 1 atom stereocenters. The Morgan fingerprint density at radius 1 is 1.21 bits per heavy atom. The van der Waals surface area contributed by atoms with E-state index in [1.165, 1.54) is 4.31 Å². The number of ether oxygens (including phenoxy) is 1. The van der Waals surface area contributed by atoms with E-state index in [1.807, 2.05) is 6.92 Å². The molecule has 0 amide bonds. The van der Waals surface area contributed by atoms with Crippen LogP contribution in [0.3, 0.4) is 0 Å². The molecule has 1 aromatic carbocycles. The zero-order valence-electron chi connectivity index (χ0n) is 17.0. The number of aromatic nitrogens is 2. The van der Waals surface area contributed by atoms with Gasteiger partial charge in [0.2, 0.25) is 21.8 Å². The first-order chi connectivity index (χ1) is 13.2. The van der Waals surface area contributed by atoms with Crippen molar-refractivity contribution in [2.45, 2.75) is 57.8 Å². The molecule has 0 bridgehead atoms. The van der Waals surface area contributed by atoms with Crippen LogP contribution in [0.1, 0.15) is 58.2 Å². The van der Waals surface area contributed by atoms with Crippen LogP contribution in [0.25, 0.3) is 0 Å². The first-order valence-electron chi connectivity index (χ1n) is 9.74. The summed E-state index contributed by atoms with van der Waals surface area (Å²) in [7, 11) is -3.57. The Morgan fingerprint density at radius 2 is 1.93 bits per heavy atom. The number of sulfonamides is 1. The number of piperidine rings is 1. The third kappa shape index (κ3) is 4.91. The molecule has 0 radical (unpaired) electrons. The fraction of sp³-hybridized carbons (Fsp3) is 0.600. The summed E-state index contributed by atoms with van der Waals surface area (Å²) in [6.45, 7) is 9.62. The quantitative estimate of drug-likeness (QED) is 0.727. The third-order valence-corrected chi connectivity index (χ3v) is 6.55. The molecule has 154 valence electrons. The van der Waals surface area contributed by atoms with Gasteiger partial charge in [0.25, 0.3) is 0 Å². The second-order valence-electron chi connectivity index (χ2n) is 8.38. The molecule has 8 heteroatoms. The van der Waals surface area contributed by atoms with E-state index < -0.39 is 10.0 Å². The van der Waals surface area contributed by atoms with E-state index in [9.17, 15) is 8.42 Å². The standard InChI is InChI=1S/C20H29N3O4S/c1-5-26-16-8-10-17(11-9-16)28(24,25)23-12-6-7-15(14-23)19-22-21-18(27-19)13-20(2,3)4/h8-11,15H,5-7,12-14H2,1-4H3. The topological polar surface area (TPSA) is 85.5 Å². The number of benzene rings is 1. The highest BCUT2D eigenvalue weighted by Crippen LogP contribution is 2.31. The average Bonchev–Trinajstić information content (AvgIpc) is 3.09. The summed E-state index contributed by atoms with van der Waals surface area (Å²) < 4.78 is 38.9. The molecule has 1 aliphatic heterocycles. The first-order valence-corrected chi connectivity index (χ1v) is 11.2. The Bertz CT molecular complexity index is 885. The monoisotopic (exact) mass is 407 g/mol. The number of hydrogen-bond donors (Lipinski definition) is 0. The van der Waals surface area contributed by atoms with E-state index in [1.54, 1.807) is 24.3 Å². The number of hydrogen-bond acceptors (Lipinski definition) is 6. The smallest absolute Gasteiger partial charge is 0.243 e. The Hall–Kier alpha value is -1.93. The molecule has 7 nitrogen and oxygen atoms in total. The van der Waals surface area contributed by atoms with Crippen LogP contribution in [0.5, 0.6) is 5.75 Å². The summed E-state index contributed by atoms with van der Waals surface area (Å²) in [5.41, 5.74) is 0.0550. The van der Waals surface area contributed by atoms with Gasteiger partial charge in [-0.05, 0) is 49.4 Å². The molecule has 3 rings (SSSR count). The van der Waals surface area contributed by atoms with Crippen molar-refractivity contribution in [2.75, 3.05) is 19.7 Å². The zero-order chi connectivity index (χ0) is 20.4. The Morgan fingerprint density at radius 3 is 2.57 bits per heavy atom. The molecule has 0 saturated carbocycles. The van der Waals surface area contributed by atoms with Crippen molar-refractivity contribution in [3.8, 4) is 5.75 Å². The van der Waals surface area contributed by atoms with Gasteiger partial charge in [-0.25, -0.2) is 8.42 Å². The lowest BCUT2D eigenvalue weighted by Gasteiger charge is -2.30. The van der Waals surface area contributed by atoms with Crippen LogP contribution in [-0.2, 0) is 16.4 Å². The SMILES string of the molecule is CCOc1ccc(S(=O)(=O)N2CCCC(c3nnc(CC(C)(C)C)o3)C2)cc1. The van der Waals surface area contributed by atoms with Gasteiger partial charge in [-0.2, -0.15) is 4.31 Å². The zero-order valence-corrected chi connectivity index (χ0v) is 17.8. The maximum atomic E-state index is 13.0. The first kappa shape index (κ1) is 20.8. The molecule has 1 unspecified atom stereocenters. The van der Waals surface area contributed by atoms with Crippen LogP contribution in [0.2, 0.25) is 0 Å². The third-order valence-electron chi connectivity index (χ3n) is 4.67. The number of rotatable bonds is 6. The van der Waals surface area contributed by atoms with Gasteiger partial charge in [0.05, 0.1) is 17.4 Å². The molecule has 1 aromatic heterocycles. The lowest BCUT2D eigenvalue weighted by atomic mass is 9.92. The molecule has 2 aromatic rings. The Labute approximate surface area is 167 Å². The van der Waals surface area contributed by atoms with Crippen LogP contribution in [0.15, 0.2) is 33.6 Å². The fourth-order valence-electron chi connectivity index (χ4n) is 3.34. The van der Waals surface area contributed by atoms with E-state index in [0.29, 0.717) is 43.6 Å². The molecule has 0 spiro atoms. The normalized spacial score (nSPS) is 18.9. The van der Waals surface area contributed by atoms with Crippen LogP contribution in [0.4, 0.5) is 0 Å². The van der Waals surface area contributed by atoms with Crippen LogP contribution < -0.4 is 4.74 Å². The predicted octanol–water partition coefficient (Wildman–Crippen LogP) is 3.63. The minimum atomic E-state index is -3.57. The maximum Gasteiger partial charge on any atom is 0.243 e. The Kier molecular flexibility index (Phi) is 6.09. The van der Waals surface area contributed by atoms with E-state index in [4.69, 9.17) is 9.15 Å². The highest BCUT2D eigenvalue weighted by molar-refractivity contribution is 7.89. The van der Waals surface area contributed by atoms with Gasteiger partial charge >= 0.3 is 0 Å². The van der Waals surface area contributed by atoms with Crippen molar-refractivity contribution in [1.29, 1.82) is 0 Å². The van der Waals surface area contributed by atoms with Gasteiger partial charge in [0, 0.05) is 19.5 Å². The second kappa shape index (κ2) is 8.21. The van der Waals surface area contributed by atoms with Crippen LogP contribution in [0, 0.1) is 5.41 Å². The molecule has 0 aliphatic carbocycles. The minimum Gasteiger partial charge on any atom is -0.494 e. The maximum absolute atomic E-state index is 13.0. The van der Waals surface area contributed by atoms with Crippen molar-refractivity contribution in [2.24, 2.45) is 5.41 Å². The van der Waals surface area contributed by atoms with Crippen molar-refractivity contribution in [3.05, 3.63) is 36.0 Å². The molecule has 0 N–H and O–H groups in total. The molecule has 1 saturated heterocycles. The molecule has 2 heterocycles. The summed E-state index contributed by atoms with van der Waals surface area (Å²) in [4.78, 5) is 0.274. The van der Waals surface area contributed by atoms with Gasteiger partial charge in [-0.3, -0.25) is 0 Å². The summed E-state index contributed by atoms with van der Waals surface area (Å²) in [6.07, 6.45) is 2.30. The lowest BCUT2D eigenvalue weighted by molar-refractivity contribution is 0.274. The van der Waals surface area contributed by atoms with Crippen LogP contribution >= 0.6 is 0 Å². The van der Waals surface area contributed by atoms with Gasteiger partial charge in [-0.15, -0.1) is 10.2 Å².